The minimum Gasteiger partial charge on any atom is -0.144 e. The third-order valence-electron chi connectivity index (χ3n) is 1.17. The van der Waals surface area contributed by atoms with Crippen molar-refractivity contribution >= 4 is 16.3 Å². The van der Waals surface area contributed by atoms with Crippen LogP contribution in [0.25, 0.3) is 0 Å². The molecule has 0 spiro atoms. The molecule has 2 nitrogen and oxygen atoms in total. The van der Waals surface area contributed by atoms with Crippen molar-refractivity contribution in [2.45, 2.75) is 6.42 Å². The zero-order valence-corrected chi connectivity index (χ0v) is 6.23. The zero-order chi connectivity index (χ0) is 7.40. The van der Waals surface area contributed by atoms with Crippen molar-refractivity contribution in [2.75, 3.05) is 0 Å². The lowest BCUT2D eigenvalue weighted by atomic mass is 10.2. The van der Waals surface area contributed by atoms with Crippen LogP contribution in [0.5, 0.6) is 0 Å². The van der Waals surface area contributed by atoms with Crippen molar-refractivity contribution in [3.63, 3.8) is 0 Å². The summed E-state index contributed by atoms with van der Waals surface area (Å²) in [6.07, 6.45) is 2.49. The summed E-state index contributed by atoms with van der Waals surface area (Å²) in [6, 6.07) is 1.89. The van der Waals surface area contributed by atoms with Gasteiger partial charge in [0.1, 0.15) is 0 Å². The van der Waals surface area contributed by atoms with E-state index >= 15 is 0 Å². The summed E-state index contributed by atoms with van der Waals surface area (Å²) < 4.78 is 0. The van der Waals surface area contributed by atoms with Crippen molar-refractivity contribution in [3.8, 4) is 0 Å². The van der Waals surface area contributed by atoms with Crippen LogP contribution in [-0.4, -0.2) is 0 Å². The molecular weight excluding hydrogens is 146 g/mol. The highest BCUT2D eigenvalue weighted by atomic mass is 32.1. The first kappa shape index (κ1) is 7.15. The van der Waals surface area contributed by atoms with E-state index in [1.54, 1.807) is 6.08 Å². The van der Waals surface area contributed by atoms with Gasteiger partial charge in [-0.2, -0.15) is 0 Å². The third kappa shape index (κ3) is 1.30. The number of nitroso groups, excluding NO2 is 1. The second-order valence-electron chi connectivity index (χ2n) is 1.84. The molecule has 0 fully saturated rings. The first-order chi connectivity index (χ1) is 4.88. The Morgan fingerprint density at radius 3 is 3.20 bits per heavy atom. The maximum absolute atomic E-state index is 10.1. The third-order valence-corrected chi connectivity index (χ3v) is 2.00. The number of rotatable bonds is 3. The average Bonchev–Trinajstić information content (AvgIpc) is 2.36. The van der Waals surface area contributed by atoms with Gasteiger partial charge in [0.05, 0.1) is 0 Å². The van der Waals surface area contributed by atoms with Crippen LogP contribution < -0.4 is 0 Å². The molecule has 1 aromatic rings. The van der Waals surface area contributed by atoms with Crippen LogP contribution >= 0.6 is 11.3 Å². The van der Waals surface area contributed by atoms with Gasteiger partial charge in [-0.15, -0.1) is 22.8 Å². The minimum absolute atomic E-state index is 0.569. The molecule has 1 rings (SSSR count). The van der Waals surface area contributed by atoms with Gasteiger partial charge < -0.3 is 0 Å². The van der Waals surface area contributed by atoms with Gasteiger partial charge in [0.15, 0.2) is 5.00 Å². The van der Waals surface area contributed by atoms with Crippen molar-refractivity contribution in [2.24, 2.45) is 5.18 Å². The van der Waals surface area contributed by atoms with Gasteiger partial charge in [0.2, 0.25) is 0 Å². The molecule has 1 heterocycles. The summed E-state index contributed by atoms with van der Waals surface area (Å²) in [4.78, 5) is 10.1. The van der Waals surface area contributed by atoms with Crippen LogP contribution in [0, 0.1) is 4.91 Å². The van der Waals surface area contributed by atoms with Gasteiger partial charge in [-0.1, -0.05) is 6.08 Å². The van der Waals surface area contributed by atoms with Crippen LogP contribution in [0.1, 0.15) is 5.56 Å². The molecule has 10 heavy (non-hydrogen) atoms. The molecule has 3 heteroatoms. The number of nitrogens with zero attached hydrogens (tertiary/aromatic N) is 1. The molecule has 0 saturated heterocycles. The molecule has 0 saturated carbocycles. The van der Waals surface area contributed by atoms with Crippen LogP contribution in [0.3, 0.4) is 0 Å². The van der Waals surface area contributed by atoms with E-state index < -0.39 is 0 Å². The number of allylic oxidation sites excluding steroid dienone is 1. The van der Waals surface area contributed by atoms with Crippen molar-refractivity contribution in [3.05, 3.63) is 34.6 Å². The predicted octanol–water partition coefficient (Wildman–Crippen LogP) is 2.87. The highest BCUT2D eigenvalue weighted by molar-refractivity contribution is 7.14. The van der Waals surface area contributed by atoms with E-state index in [0.29, 0.717) is 5.00 Å². The molecule has 0 aliphatic rings. The van der Waals surface area contributed by atoms with Crippen LogP contribution in [-0.2, 0) is 6.42 Å². The van der Waals surface area contributed by atoms with Crippen LogP contribution in [0.2, 0.25) is 0 Å². The van der Waals surface area contributed by atoms with Gasteiger partial charge in [-0.25, -0.2) is 0 Å². The van der Waals surface area contributed by atoms with E-state index in [0.717, 1.165) is 12.0 Å². The van der Waals surface area contributed by atoms with Crippen molar-refractivity contribution < 1.29 is 0 Å². The first-order valence-electron chi connectivity index (χ1n) is 2.89. The summed E-state index contributed by atoms with van der Waals surface area (Å²) >= 11 is 1.36. The molecule has 1 aromatic heterocycles. The molecular formula is C7H7NOS. The Labute approximate surface area is 63.2 Å². The monoisotopic (exact) mass is 153 g/mol. The van der Waals surface area contributed by atoms with E-state index in [1.807, 2.05) is 11.4 Å². The fourth-order valence-electron chi connectivity index (χ4n) is 0.719. The fourth-order valence-corrected chi connectivity index (χ4v) is 1.43. The number of hydrogen-bond acceptors (Lipinski definition) is 3. The molecule has 0 radical (unpaired) electrons. The van der Waals surface area contributed by atoms with E-state index in [2.05, 4.69) is 11.8 Å². The van der Waals surface area contributed by atoms with Crippen molar-refractivity contribution in [1.82, 2.24) is 0 Å². The standard InChI is InChI=1S/C7H7NOS/c1-2-3-6-4-5-10-7(6)8-9/h2,4-5H,1,3H2. The number of hydrogen-bond donors (Lipinski definition) is 0. The van der Waals surface area contributed by atoms with Gasteiger partial charge in [-0.05, 0) is 28.6 Å². The topological polar surface area (TPSA) is 29.4 Å². The Balaban J connectivity index is 2.89. The molecule has 52 valence electrons. The molecule has 0 bridgehead atoms. The van der Waals surface area contributed by atoms with Crippen LogP contribution in [0.15, 0.2) is 29.3 Å². The van der Waals surface area contributed by atoms with E-state index in [4.69, 9.17) is 0 Å². The molecule has 0 atom stereocenters. The summed E-state index contributed by atoms with van der Waals surface area (Å²) in [5, 5.41) is 5.30. The van der Waals surface area contributed by atoms with Crippen LogP contribution in [0.4, 0.5) is 5.00 Å². The summed E-state index contributed by atoms with van der Waals surface area (Å²) in [5.41, 5.74) is 0.968. The Morgan fingerprint density at radius 1 is 1.80 bits per heavy atom. The molecule has 0 aliphatic carbocycles. The lowest BCUT2D eigenvalue weighted by molar-refractivity contribution is 1.29. The highest BCUT2D eigenvalue weighted by Gasteiger charge is 2.00. The fraction of sp³-hybridized carbons (Fsp3) is 0.143. The van der Waals surface area contributed by atoms with Crippen molar-refractivity contribution in [1.29, 1.82) is 0 Å². The lowest BCUT2D eigenvalue weighted by Crippen LogP contribution is -1.72. The molecule has 0 aliphatic heterocycles. The lowest BCUT2D eigenvalue weighted by Gasteiger charge is -1.87. The number of thiophene rings is 1. The Morgan fingerprint density at radius 2 is 2.60 bits per heavy atom. The average molecular weight is 153 g/mol. The SMILES string of the molecule is C=CCc1ccsc1N=O. The Hall–Kier alpha value is -0.960. The maximum atomic E-state index is 10.1. The van der Waals surface area contributed by atoms with Gasteiger partial charge in [0.25, 0.3) is 0 Å². The quantitative estimate of drug-likeness (QED) is 0.485. The Bertz CT molecular complexity index is 242. The summed E-state index contributed by atoms with van der Waals surface area (Å²) in [6.45, 7) is 3.57. The smallest absolute Gasteiger partial charge is 0.144 e. The van der Waals surface area contributed by atoms with E-state index in [1.165, 1.54) is 11.3 Å². The van der Waals surface area contributed by atoms with E-state index in [9.17, 15) is 4.91 Å². The zero-order valence-electron chi connectivity index (χ0n) is 5.41. The summed E-state index contributed by atoms with van der Waals surface area (Å²) in [7, 11) is 0. The molecule has 0 amide bonds. The predicted molar refractivity (Wildman–Crippen MR) is 43.7 cm³/mol. The molecule has 0 unspecified atom stereocenters. The first-order valence-corrected chi connectivity index (χ1v) is 3.77. The van der Waals surface area contributed by atoms with Gasteiger partial charge in [0, 0.05) is 0 Å². The molecule has 0 aromatic carbocycles. The van der Waals surface area contributed by atoms with Gasteiger partial charge in [-0.3, -0.25) is 0 Å². The second-order valence-corrected chi connectivity index (χ2v) is 2.73. The second kappa shape index (κ2) is 3.27. The normalized spacial score (nSPS) is 9.20. The molecule has 0 N–H and O–H groups in total. The highest BCUT2D eigenvalue weighted by Crippen LogP contribution is 2.26. The summed E-state index contributed by atoms with van der Waals surface area (Å²) in [5.74, 6) is 0. The Kier molecular flexibility index (Phi) is 2.34. The largest absolute Gasteiger partial charge is 0.164 e. The maximum Gasteiger partial charge on any atom is 0.164 e. The van der Waals surface area contributed by atoms with E-state index in [-0.39, 0.29) is 0 Å². The van der Waals surface area contributed by atoms with Gasteiger partial charge >= 0.3 is 0 Å². The minimum atomic E-state index is 0.569.